The summed E-state index contributed by atoms with van der Waals surface area (Å²) in [6.45, 7) is 5.25. The number of alkyl halides is 1. The molecule has 1 saturated heterocycles. The third-order valence-corrected chi connectivity index (χ3v) is 7.18. The van der Waals surface area contributed by atoms with Crippen LogP contribution >= 0.6 is 23.4 Å². The Balaban J connectivity index is 1.62. The van der Waals surface area contributed by atoms with E-state index in [-0.39, 0.29) is 11.6 Å². The summed E-state index contributed by atoms with van der Waals surface area (Å²) in [6, 6.07) is 18.1. The number of thioether (sulfide) groups is 1. The Morgan fingerprint density at radius 2 is 1.70 bits per heavy atom. The van der Waals surface area contributed by atoms with E-state index in [0.29, 0.717) is 11.3 Å². The normalized spacial score (nSPS) is 19.5. The van der Waals surface area contributed by atoms with Crippen LogP contribution in [0.5, 0.6) is 0 Å². The second kappa shape index (κ2) is 11.4. The van der Waals surface area contributed by atoms with Crippen molar-refractivity contribution in [1.82, 2.24) is 10.2 Å². The minimum Gasteiger partial charge on any atom is -0.448 e. The van der Waals surface area contributed by atoms with Crippen LogP contribution in [0.15, 0.2) is 84.1 Å². The van der Waals surface area contributed by atoms with Gasteiger partial charge in [-0.15, -0.1) is 23.4 Å². The zero-order valence-corrected chi connectivity index (χ0v) is 22.4. The lowest BCUT2D eigenvalue weighted by atomic mass is 10.0. The van der Waals surface area contributed by atoms with Crippen molar-refractivity contribution in [2.24, 2.45) is 0 Å². The summed E-state index contributed by atoms with van der Waals surface area (Å²) in [7, 11) is 0. The third kappa shape index (κ3) is 6.19. The highest BCUT2D eigenvalue weighted by Gasteiger charge is 2.54. The van der Waals surface area contributed by atoms with Gasteiger partial charge in [-0.05, 0) is 37.5 Å². The van der Waals surface area contributed by atoms with Crippen molar-refractivity contribution in [3.63, 3.8) is 0 Å². The van der Waals surface area contributed by atoms with Crippen LogP contribution in [0.3, 0.4) is 0 Å². The zero-order chi connectivity index (χ0) is 26.6. The van der Waals surface area contributed by atoms with Crippen molar-refractivity contribution in [3.8, 4) is 0 Å². The van der Waals surface area contributed by atoms with Gasteiger partial charge in [0.1, 0.15) is 22.7 Å². The predicted molar refractivity (Wildman–Crippen MR) is 144 cm³/mol. The van der Waals surface area contributed by atoms with Gasteiger partial charge < -0.3 is 14.8 Å². The molecule has 0 radical (unpaired) electrons. The lowest BCUT2D eigenvalue weighted by Gasteiger charge is -2.49. The summed E-state index contributed by atoms with van der Waals surface area (Å²) in [4.78, 5) is 40.6. The predicted octanol–water partition coefficient (Wildman–Crippen LogP) is 5.18. The van der Waals surface area contributed by atoms with E-state index < -0.39 is 41.1 Å². The Kier molecular flexibility index (Phi) is 8.29. The number of nitrogens with one attached hydrogen (secondary N) is 1. The third-order valence-electron chi connectivity index (χ3n) is 5.70. The molecule has 2 aliphatic heterocycles. The lowest BCUT2D eigenvalue weighted by molar-refractivity contribution is -0.153. The number of carbonyl (C=O) groups excluding carboxylic acids is 3. The SMILES string of the molecule is CC(C)(C)OC(=O)NC1C(=O)N2C(C(=O)OC(c3ccccc3)c3ccccc3)=C(/C=C\CCl)CSC12. The molecule has 0 aliphatic carbocycles. The molecule has 0 aromatic heterocycles. The minimum absolute atomic E-state index is 0.161. The van der Waals surface area contributed by atoms with E-state index in [1.807, 2.05) is 60.7 Å². The van der Waals surface area contributed by atoms with Gasteiger partial charge in [0, 0.05) is 11.6 Å². The lowest BCUT2D eigenvalue weighted by Crippen LogP contribution is -2.70. The molecule has 0 saturated carbocycles. The van der Waals surface area contributed by atoms with Crippen LogP contribution in [-0.4, -0.2) is 51.5 Å². The number of amides is 2. The summed E-state index contributed by atoms with van der Waals surface area (Å²) >= 11 is 7.31. The summed E-state index contributed by atoms with van der Waals surface area (Å²) < 4.78 is 11.4. The highest BCUT2D eigenvalue weighted by molar-refractivity contribution is 8.00. The van der Waals surface area contributed by atoms with Gasteiger partial charge in [0.05, 0.1) is 0 Å². The average molecular weight is 541 g/mol. The summed E-state index contributed by atoms with van der Waals surface area (Å²) in [5.74, 6) is -0.322. The Labute approximate surface area is 225 Å². The number of fused-ring (bicyclic) bond motifs is 1. The first-order valence-corrected chi connectivity index (χ1v) is 13.5. The van der Waals surface area contributed by atoms with Crippen LogP contribution in [0.2, 0.25) is 0 Å². The molecular weight excluding hydrogens is 512 g/mol. The molecule has 2 heterocycles. The molecule has 7 nitrogen and oxygen atoms in total. The molecule has 2 amide bonds. The number of hydrogen-bond donors (Lipinski definition) is 1. The van der Waals surface area contributed by atoms with Gasteiger partial charge >= 0.3 is 12.1 Å². The summed E-state index contributed by atoms with van der Waals surface area (Å²) in [5.41, 5.74) is 1.71. The van der Waals surface area contributed by atoms with E-state index in [0.717, 1.165) is 11.1 Å². The number of alkyl carbamates (subject to hydrolysis) is 1. The van der Waals surface area contributed by atoms with Gasteiger partial charge in [-0.2, -0.15) is 0 Å². The second-order valence-corrected chi connectivity index (χ2v) is 11.0. The first-order chi connectivity index (χ1) is 17.7. The number of nitrogens with zero attached hydrogens (tertiary/aromatic N) is 1. The van der Waals surface area contributed by atoms with Crippen LogP contribution in [0, 0.1) is 0 Å². The molecule has 2 atom stereocenters. The number of halogens is 1. The molecule has 1 N–H and O–H groups in total. The van der Waals surface area contributed by atoms with Crippen molar-refractivity contribution >= 4 is 41.3 Å². The van der Waals surface area contributed by atoms with E-state index in [4.69, 9.17) is 21.1 Å². The van der Waals surface area contributed by atoms with Gasteiger partial charge in [-0.3, -0.25) is 9.69 Å². The molecule has 194 valence electrons. The number of esters is 1. The molecule has 37 heavy (non-hydrogen) atoms. The van der Waals surface area contributed by atoms with Crippen molar-refractivity contribution in [3.05, 3.63) is 95.2 Å². The first-order valence-electron chi connectivity index (χ1n) is 11.9. The van der Waals surface area contributed by atoms with E-state index in [1.54, 1.807) is 32.9 Å². The zero-order valence-electron chi connectivity index (χ0n) is 20.8. The summed E-state index contributed by atoms with van der Waals surface area (Å²) in [6.07, 6.45) is 2.12. The maximum Gasteiger partial charge on any atom is 0.408 e. The highest BCUT2D eigenvalue weighted by atomic mass is 35.5. The van der Waals surface area contributed by atoms with Crippen LogP contribution < -0.4 is 5.32 Å². The molecule has 9 heteroatoms. The molecule has 2 aromatic rings. The Morgan fingerprint density at radius 1 is 1.11 bits per heavy atom. The van der Waals surface area contributed by atoms with Gasteiger partial charge in [-0.25, -0.2) is 9.59 Å². The smallest absolute Gasteiger partial charge is 0.408 e. The second-order valence-electron chi connectivity index (χ2n) is 9.57. The molecule has 0 bridgehead atoms. The van der Waals surface area contributed by atoms with Gasteiger partial charge in [0.2, 0.25) is 0 Å². The minimum atomic E-state index is -0.805. The number of rotatable bonds is 7. The molecular formula is C28H29ClN2O5S. The number of carbonyl (C=O) groups is 3. The molecule has 2 unspecified atom stereocenters. The monoisotopic (exact) mass is 540 g/mol. The number of hydrogen-bond acceptors (Lipinski definition) is 6. The van der Waals surface area contributed by atoms with E-state index in [9.17, 15) is 14.4 Å². The number of allylic oxidation sites excluding steroid dienone is 2. The largest absolute Gasteiger partial charge is 0.448 e. The van der Waals surface area contributed by atoms with Gasteiger partial charge in [-0.1, -0.05) is 72.8 Å². The Bertz CT molecular complexity index is 1170. The molecule has 4 rings (SSSR count). The fraction of sp³-hybridized carbons (Fsp3) is 0.321. The van der Waals surface area contributed by atoms with Crippen LogP contribution in [0.1, 0.15) is 38.0 Å². The Hall–Kier alpha value is -3.23. The van der Waals surface area contributed by atoms with Crippen LogP contribution in [-0.2, 0) is 19.1 Å². The average Bonchev–Trinajstić information content (AvgIpc) is 2.88. The molecule has 1 fully saturated rings. The number of benzene rings is 2. The molecule has 2 aliphatic rings. The van der Waals surface area contributed by atoms with Crippen LogP contribution in [0.4, 0.5) is 4.79 Å². The van der Waals surface area contributed by atoms with E-state index >= 15 is 0 Å². The van der Waals surface area contributed by atoms with Gasteiger partial charge in [0.15, 0.2) is 6.10 Å². The quantitative estimate of drug-likeness (QED) is 0.296. The Morgan fingerprint density at radius 3 is 2.24 bits per heavy atom. The number of β-lactam (4-membered cyclic amide) rings is 1. The fourth-order valence-electron chi connectivity index (χ4n) is 4.13. The maximum absolute atomic E-state index is 13.7. The molecule has 0 spiro atoms. The van der Waals surface area contributed by atoms with Crippen LogP contribution in [0.25, 0.3) is 0 Å². The van der Waals surface area contributed by atoms with Crippen molar-refractivity contribution < 1.29 is 23.9 Å². The topological polar surface area (TPSA) is 84.9 Å². The number of ether oxygens (including phenoxy) is 2. The molecule has 2 aromatic carbocycles. The van der Waals surface area contributed by atoms with Gasteiger partial charge in [0.25, 0.3) is 5.91 Å². The first kappa shape index (κ1) is 26.8. The fourth-order valence-corrected chi connectivity index (χ4v) is 5.54. The highest BCUT2D eigenvalue weighted by Crippen LogP contribution is 2.42. The summed E-state index contributed by atoms with van der Waals surface area (Å²) in [5, 5.41) is 2.19. The standard InChI is InChI=1S/C28H29ClN2O5S/c1-28(2,3)36-27(34)30-21-24(32)31-22(20(15-10-16-29)17-37-25(21)31)26(33)35-23(18-11-6-4-7-12-18)19-13-8-5-9-14-19/h4-15,21,23,25H,16-17H2,1-3H3,(H,30,34)/b15-10-. The van der Waals surface area contributed by atoms with Crippen molar-refractivity contribution in [2.75, 3.05) is 11.6 Å². The van der Waals surface area contributed by atoms with Crippen molar-refractivity contribution in [1.29, 1.82) is 0 Å². The maximum atomic E-state index is 13.7. The van der Waals surface area contributed by atoms with E-state index in [2.05, 4.69) is 5.32 Å². The van der Waals surface area contributed by atoms with E-state index in [1.165, 1.54) is 16.7 Å². The van der Waals surface area contributed by atoms with Crippen molar-refractivity contribution in [2.45, 2.75) is 43.9 Å².